The summed E-state index contributed by atoms with van der Waals surface area (Å²) in [7, 11) is 3.51. The highest BCUT2D eigenvalue weighted by Crippen LogP contribution is 2.22. The van der Waals surface area contributed by atoms with E-state index in [1.165, 1.54) is 6.42 Å². The molecule has 0 aromatic heterocycles. The molecule has 20 heavy (non-hydrogen) atoms. The third-order valence-corrected chi connectivity index (χ3v) is 4.23. The van der Waals surface area contributed by atoms with E-state index in [9.17, 15) is 9.59 Å². The van der Waals surface area contributed by atoms with Gasteiger partial charge in [-0.2, -0.15) is 0 Å². The van der Waals surface area contributed by atoms with Crippen molar-refractivity contribution in [2.75, 3.05) is 33.7 Å². The zero-order valence-electron chi connectivity index (χ0n) is 12.4. The number of carbonyl (C=O) groups excluding carboxylic acids is 2. The first-order chi connectivity index (χ1) is 9.09. The standard InChI is InChI=1S/C14H25N3O2.ClH/c1-16(2)14(19)12-4-3-9-17(12)13(18)6-5-11-7-8-15-10-11;/h11-12,15H,3-10H2,1-2H3;1H. The second-order valence-electron chi connectivity index (χ2n) is 5.88. The summed E-state index contributed by atoms with van der Waals surface area (Å²) in [5.41, 5.74) is 0. The zero-order chi connectivity index (χ0) is 13.8. The molecule has 2 saturated heterocycles. The van der Waals surface area contributed by atoms with Gasteiger partial charge in [0.15, 0.2) is 0 Å². The minimum absolute atomic E-state index is 0. The van der Waals surface area contributed by atoms with Crippen LogP contribution < -0.4 is 5.32 Å². The molecule has 2 aliphatic heterocycles. The van der Waals surface area contributed by atoms with Crippen LogP contribution in [0.25, 0.3) is 0 Å². The van der Waals surface area contributed by atoms with Crippen molar-refractivity contribution < 1.29 is 9.59 Å². The molecule has 0 radical (unpaired) electrons. The van der Waals surface area contributed by atoms with Crippen LogP contribution >= 0.6 is 12.4 Å². The number of likely N-dealkylation sites (tertiary alicyclic amines) is 1. The summed E-state index contributed by atoms with van der Waals surface area (Å²) < 4.78 is 0. The molecule has 0 aromatic carbocycles. The van der Waals surface area contributed by atoms with Gasteiger partial charge in [-0.15, -0.1) is 12.4 Å². The van der Waals surface area contributed by atoms with Gasteiger partial charge in [-0.25, -0.2) is 0 Å². The molecule has 2 fully saturated rings. The minimum Gasteiger partial charge on any atom is -0.347 e. The summed E-state index contributed by atoms with van der Waals surface area (Å²) in [4.78, 5) is 27.7. The Morgan fingerprint density at radius 1 is 1.30 bits per heavy atom. The van der Waals surface area contributed by atoms with Crippen LogP contribution in [0.2, 0.25) is 0 Å². The molecule has 0 bridgehead atoms. The monoisotopic (exact) mass is 303 g/mol. The molecule has 0 aliphatic carbocycles. The molecule has 116 valence electrons. The maximum atomic E-state index is 12.3. The van der Waals surface area contributed by atoms with Crippen LogP contribution in [0.1, 0.15) is 32.1 Å². The molecule has 2 rings (SSSR count). The Morgan fingerprint density at radius 3 is 2.65 bits per heavy atom. The Morgan fingerprint density at radius 2 is 2.05 bits per heavy atom. The lowest BCUT2D eigenvalue weighted by Gasteiger charge is -2.26. The summed E-state index contributed by atoms with van der Waals surface area (Å²) in [5, 5.41) is 3.32. The molecular formula is C14H26ClN3O2. The van der Waals surface area contributed by atoms with Crippen molar-refractivity contribution in [3.8, 4) is 0 Å². The van der Waals surface area contributed by atoms with E-state index < -0.39 is 0 Å². The SMILES string of the molecule is CN(C)C(=O)C1CCCN1C(=O)CCC1CCNC1.Cl. The summed E-state index contributed by atoms with van der Waals surface area (Å²) in [6, 6.07) is -0.218. The van der Waals surface area contributed by atoms with Gasteiger partial charge >= 0.3 is 0 Å². The molecule has 2 unspecified atom stereocenters. The van der Waals surface area contributed by atoms with E-state index in [1.54, 1.807) is 23.9 Å². The topological polar surface area (TPSA) is 52.7 Å². The molecule has 0 saturated carbocycles. The van der Waals surface area contributed by atoms with Crippen LogP contribution in [-0.4, -0.2) is 61.4 Å². The minimum atomic E-state index is -0.218. The van der Waals surface area contributed by atoms with E-state index in [-0.39, 0.29) is 30.3 Å². The van der Waals surface area contributed by atoms with Crippen molar-refractivity contribution in [1.29, 1.82) is 0 Å². The first-order valence-corrected chi connectivity index (χ1v) is 7.31. The number of rotatable bonds is 4. The fraction of sp³-hybridized carbons (Fsp3) is 0.857. The average molecular weight is 304 g/mol. The van der Waals surface area contributed by atoms with E-state index >= 15 is 0 Å². The Hall–Kier alpha value is -0.810. The van der Waals surface area contributed by atoms with Crippen LogP contribution in [-0.2, 0) is 9.59 Å². The van der Waals surface area contributed by atoms with E-state index in [2.05, 4.69) is 5.32 Å². The number of halogens is 1. The molecule has 1 N–H and O–H groups in total. The van der Waals surface area contributed by atoms with E-state index in [0.717, 1.165) is 38.9 Å². The van der Waals surface area contributed by atoms with E-state index in [4.69, 9.17) is 0 Å². The number of hydrogen-bond acceptors (Lipinski definition) is 3. The largest absolute Gasteiger partial charge is 0.347 e. The quantitative estimate of drug-likeness (QED) is 0.839. The van der Waals surface area contributed by atoms with Crippen molar-refractivity contribution in [2.24, 2.45) is 5.92 Å². The van der Waals surface area contributed by atoms with Crippen LogP contribution in [0.3, 0.4) is 0 Å². The van der Waals surface area contributed by atoms with Crippen LogP contribution in [0.15, 0.2) is 0 Å². The summed E-state index contributed by atoms with van der Waals surface area (Å²) in [6.07, 6.45) is 4.47. The highest BCUT2D eigenvalue weighted by Gasteiger charge is 2.34. The predicted molar refractivity (Wildman–Crippen MR) is 80.9 cm³/mol. The van der Waals surface area contributed by atoms with Gasteiger partial charge in [0.25, 0.3) is 0 Å². The molecule has 2 aliphatic rings. The molecule has 0 spiro atoms. The van der Waals surface area contributed by atoms with Crippen molar-refractivity contribution in [2.45, 2.75) is 38.1 Å². The zero-order valence-corrected chi connectivity index (χ0v) is 13.2. The number of likely N-dealkylation sites (N-methyl/N-ethyl adjacent to an activating group) is 1. The van der Waals surface area contributed by atoms with Gasteiger partial charge in [-0.3, -0.25) is 9.59 Å². The van der Waals surface area contributed by atoms with Crippen molar-refractivity contribution >= 4 is 24.2 Å². The number of carbonyl (C=O) groups is 2. The maximum Gasteiger partial charge on any atom is 0.244 e. The third-order valence-electron chi connectivity index (χ3n) is 4.23. The summed E-state index contributed by atoms with van der Waals surface area (Å²) >= 11 is 0. The molecule has 2 heterocycles. The number of nitrogens with zero attached hydrogens (tertiary/aromatic N) is 2. The predicted octanol–water partition coefficient (Wildman–Crippen LogP) is 0.877. The smallest absolute Gasteiger partial charge is 0.244 e. The van der Waals surface area contributed by atoms with Crippen LogP contribution in [0.4, 0.5) is 0 Å². The summed E-state index contributed by atoms with van der Waals surface area (Å²) in [6.45, 7) is 2.85. The van der Waals surface area contributed by atoms with E-state index in [0.29, 0.717) is 12.3 Å². The summed E-state index contributed by atoms with van der Waals surface area (Å²) in [5.74, 6) is 0.854. The van der Waals surface area contributed by atoms with Crippen molar-refractivity contribution in [1.82, 2.24) is 15.1 Å². The molecule has 0 aromatic rings. The third kappa shape index (κ3) is 4.09. The first kappa shape index (κ1) is 17.2. The van der Waals surface area contributed by atoms with E-state index in [1.807, 2.05) is 0 Å². The molecule has 2 atom stereocenters. The molecule has 5 nitrogen and oxygen atoms in total. The second kappa shape index (κ2) is 7.84. The fourth-order valence-corrected chi connectivity index (χ4v) is 3.05. The lowest BCUT2D eigenvalue weighted by Crippen LogP contribution is -2.45. The lowest BCUT2D eigenvalue weighted by molar-refractivity contribution is -0.142. The Labute approximate surface area is 127 Å². The number of hydrogen-bond donors (Lipinski definition) is 1. The molecule has 2 amide bonds. The van der Waals surface area contributed by atoms with Gasteiger partial charge in [-0.05, 0) is 44.7 Å². The highest BCUT2D eigenvalue weighted by molar-refractivity contribution is 5.88. The number of amides is 2. The van der Waals surface area contributed by atoms with Gasteiger partial charge in [0, 0.05) is 27.1 Å². The van der Waals surface area contributed by atoms with Gasteiger partial charge in [0.05, 0.1) is 0 Å². The first-order valence-electron chi connectivity index (χ1n) is 7.31. The molecular weight excluding hydrogens is 278 g/mol. The molecule has 6 heteroatoms. The van der Waals surface area contributed by atoms with Gasteiger partial charge in [-0.1, -0.05) is 0 Å². The fourth-order valence-electron chi connectivity index (χ4n) is 3.05. The van der Waals surface area contributed by atoms with Crippen molar-refractivity contribution in [3.05, 3.63) is 0 Å². The Bertz CT molecular complexity index is 343. The average Bonchev–Trinajstić information content (AvgIpc) is 3.05. The van der Waals surface area contributed by atoms with Gasteiger partial charge < -0.3 is 15.1 Å². The highest BCUT2D eigenvalue weighted by atomic mass is 35.5. The normalized spacial score (nSPS) is 25.4. The van der Waals surface area contributed by atoms with Gasteiger partial charge in [0.1, 0.15) is 6.04 Å². The maximum absolute atomic E-state index is 12.3. The lowest BCUT2D eigenvalue weighted by atomic mass is 10.0. The second-order valence-corrected chi connectivity index (χ2v) is 5.88. The number of nitrogens with one attached hydrogen (secondary N) is 1. The van der Waals surface area contributed by atoms with Crippen LogP contribution in [0.5, 0.6) is 0 Å². The Balaban J connectivity index is 0.00000200. The van der Waals surface area contributed by atoms with Crippen LogP contribution in [0, 0.1) is 5.92 Å². The Kier molecular flexibility index (Phi) is 6.76. The van der Waals surface area contributed by atoms with Gasteiger partial charge in [0.2, 0.25) is 11.8 Å². The van der Waals surface area contributed by atoms with Crippen molar-refractivity contribution in [3.63, 3.8) is 0 Å².